The van der Waals surface area contributed by atoms with Gasteiger partial charge in [0.15, 0.2) is 0 Å². The molecular weight excluding hydrogens is 428 g/mol. The van der Waals surface area contributed by atoms with Gasteiger partial charge >= 0.3 is 12.1 Å². The van der Waals surface area contributed by atoms with Crippen LogP contribution in [0.3, 0.4) is 0 Å². The summed E-state index contributed by atoms with van der Waals surface area (Å²) in [6.45, 7) is 5.40. The van der Waals surface area contributed by atoms with Gasteiger partial charge in [-0.15, -0.1) is 0 Å². The Kier molecular flexibility index (Phi) is 7.59. The van der Waals surface area contributed by atoms with E-state index in [4.69, 9.17) is 0 Å². The fraction of sp³-hybridized carbons (Fsp3) is 0.346. The van der Waals surface area contributed by atoms with E-state index < -0.39 is 0 Å². The lowest BCUT2D eigenvalue weighted by Crippen LogP contribution is -2.45. The quantitative estimate of drug-likeness (QED) is 0.503. The molecule has 0 aliphatic carbocycles. The number of rotatable bonds is 7. The highest BCUT2D eigenvalue weighted by atomic mass is 16.2. The number of benzene rings is 2. The zero-order valence-electron chi connectivity index (χ0n) is 19.8. The van der Waals surface area contributed by atoms with E-state index in [1.54, 1.807) is 4.90 Å². The second-order valence-corrected chi connectivity index (χ2v) is 8.71. The average molecular weight is 461 g/mol. The summed E-state index contributed by atoms with van der Waals surface area (Å²) in [5, 5.41) is 9.80. The van der Waals surface area contributed by atoms with Crippen LogP contribution in [-0.4, -0.2) is 66.1 Å². The molecule has 2 heterocycles. The summed E-state index contributed by atoms with van der Waals surface area (Å²) in [7, 11) is 1.85. The van der Waals surface area contributed by atoms with Crippen LogP contribution in [0.1, 0.15) is 17.7 Å². The minimum atomic E-state index is -0.232. The molecule has 0 saturated carbocycles. The van der Waals surface area contributed by atoms with Crippen molar-refractivity contribution >= 4 is 28.7 Å². The van der Waals surface area contributed by atoms with E-state index in [2.05, 4.69) is 25.8 Å². The number of pyridine rings is 1. The number of carbonyl (C=O) groups is 2. The molecule has 0 radical (unpaired) electrons. The van der Waals surface area contributed by atoms with E-state index in [-0.39, 0.29) is 18.1 Å². The summed E-state index contributed by atoms with van der Waals surface area (Å²) in [6, 6.07) is 19.4. The molecule has 4 amide bonds. The zero-order valence-corrected chi connectivity index (χ0v) is 19.8. The van der Waals surface area contributed by atoms with Crippen molar-refractivity contribution in [2.75, 3.05) is 38.5 Å². The number of aryl methyl sites for hydroxylation is 1. The Morgan fingerprint density at radius 2 is 1.85 bits per heavy atom. The Labute approximate surface area is 200 Å². The molecule has 178 valence electrons. The number of aromatic nitrogens is 1. The van der Waals surface area contributed by atoms with Crippen LogP contribution in [0.15, 0.2) is 60.7 Å². The number of carbonyl (C=O) groups excluding carboxylic acids is 2. The molecule has 1 aliphatic heterocycles. The fourth-order valence-electron chi connectivity index (χ4n) is 4.30. The van der Waals surface area contributed by atoms with Crippen LogP contribution in [0, 0.1) is 6.92 Å². The van der Waals surface area contributed by atoms with Crippen LogP contribution >= 0.6 is 0 Å². The molecule has 1 unspecified atom stereocenters. The highest BCUT2D eigenvalue weighted by Gasteiger charge is 2.28. The van der Waals surface area contributed by atoms with Gasteiger partial charge < -0.3 is 20.9 Å². The van der Waals surface area contributed by atoms with Gasteiger partial charge in [0.05, 0.1) is 11.2 Å². The molecule has 1 aromatic heterocycles. The maximum atomic E-state index is 12.5. The number of para-hydroxylation sites is 1. The third-order valence-electron chi connectivity index (χ3n) is 6.21. The van der Waals surface area contributed by atoms with Gasteiger partial charge in [0, 0.05) is 56.9 Å². The summed E-state index contributed by atoms with van der Waals surface area (Å²) in [6.07, 6.45) is 0.920. The molecule has 1 fully saturated rings. The molecule has 34 heavy (non-hydrogen) atoms. The molecule has 0 bridgehead atoms. The summed E-state index contributed by atoms with van der Waals surface area (Å²) in [4.78, 5) is 33.6. The maximum Gasteiger partial charge on any atom is 0.319 e. The van der Waals surface area contributed by atoms with Crippen molar-refractivity contribution < 1.29 is 9.59 Å². The van der Waals surface area contributed by atoms with E-state index in [0.29, 0.717) is 13.1 Å². The van der Waals surface area contributed by atoms with Crippen molar-refractivity contribution in [1.82, 2.24) is 25.4 Å². The first-order valence-corrected chi connectivity index (χ1v) is 11.7. The molecule has 3 aromatic rings. The van der Waals surface area contributed by atoms with Crippen molar-refractivity contribution in [2.24, 2.45) is 0 Å². The Morgan fingerprint density at radius 3 is 2.68 bits per heavy atom. The predicted octanol–water partition coefficient (Wildman–Crippen LogP) is 3.58. The molecular formula is C26H32N6O2. The molecule has 1 aliphatic rings. The second kappa shape index (κ2) is 11.0. The first-order valence-electron chi connectivity index (χ1n) is 11.7. The van der Waals surface area contributed by atoms with Crippen molar-refractivity contribution in [3.63, 3.8) is 0 Å². The van der Waals surface area contributed by atoms with Crippen LogP contribution in [0.4, 0.5) is 15.3 Å². The largest absolute Gasteiger partial charge is 0.337 e. The number of anilines is 1. The van der Waals surface area contributed by atoms with Crippen molar-refractivity contribution in [3.8, 4) is 0 Å². The lowest BCUT2D eigenvalue weighted by molar-refractivity contribution is 0.188. The molecule has 1 atom stereocenters. The van der Waals surface area contributed by atoms with E-state index >= 15 is 0 Å². The smallest absolute Gasteiger partial charge is 0.319 e. The SMILES string of the molecule is Cc1cc(NC(=O)NCCN2CCC(N(C)C(=O)NCc3ccccc3)C2)c2ccccc2n1. The van der Waals surface area contributed by atoms with Gasteiger partial charge in [0.2, 0.25) is 0 Å². The van der Waals surface area contributed by atoms with Crippen LogP contribution in [0.2, 0.25) is 0 Å². The van der Waals surface area contributed by atoms with Gasteiger partial charge in [-0.05, 0) is 31.0 Å². The molecule has 1 saturated heterocycles. The summed E-state index contributed by atoms with van der Waals surface area (Å²) >= 11 is 0. The molecule has 3 N–H and O–H groups in total. The molecule has 0 spiro atoms. The van der Waals surface area contributed by atoms with Gasteiger partial charge in [0.25, 0.3) is 0 Å². The summed E-state index contributed by atoms with van der Waals surface area (Å²) in [5.41, 5.74) is 3.55. The number of nitrogens with zero attached hydrogens (tertiary/aromatic N) is 3. The standard InChI is InChI=1S/C26H32N6O2/c1-19-16-24(22-10-6-7-11-23(22)29-19)30-25(33)27-13-15-32-14-12-21(18-32)31(2)26(34)28-17-20-8-4-3-5-9-20/h3-11,16,21H,12-15,17-18H2,1-2H3,(H,28,34)(H2,27,29,30,33). The lowest BCUT2D eigenvalue weighted by Gasteiger charge is -2.25. The van der Waals surface area contributed by atoms with Gasteiger partial charge in [-0.3, -0.25) is 9.88 Å². The molecule has 8 nitrogen and oxygen atoms in total. The third-order valence-corrected chi connectivity index (χ3v) is 6.21. The fourth-order valence-corrected chi connectivity index (χ4v) is 4.30. The molecule has 4 rings (SSSR count). The number of likely N-dealkylation sites (tertiary alicyclic amines) is 1. The van der Waals surface area contributed by atoms with E-state index in [1.165, 1.54) is 0 Å². The monoisotopic (exact) mass is 460 g/mol. The van der Waals surface area contributed by atoms with E-state index in [9.17, 15) is 9.59 Å². The summed E-state index contributed by atoms with van der Waals surface area (Å²) in [5.74, 6) is 0. The third kappa shape index (κ3) is 6.02. The predicted molar refractivity (Wildman–Crippen MR) is 135 cm³/mol. The number of amides is 4. The normalized spacial score (nSPS) is 15.8. The van der Waals surface area contributed by atoms with Gasteiger partial charge in [0.1, 0.15) is 0 Å². The number of likely N-dealkylation sites (N-methyl/N-ethyl adjacent to an activating group) is 1. The molecule has 8 heteroatoms. The van der Waals surface area contributed by atoms with E-state index in [1.807, 2.05) is 74.6 Å². The number of hydrogen-bond donors (Lipinski definition) is 3. The number of hydrogen-bond acceptors (Lipinski definition) is 4. The zero-order chi connectivity index (χ0) is 23.9. The Balaban J connectivity index is 1.19. The minimum absolute atomic E-state index is 0.0620. The van der Waals surface area contributed by atoms with Crippen molar-refractivity contribution in [2.45, 2.75) is 25.9 Å². The summed E-state index contributed by atoms with van der Waals surface area (Å²) < 4.78 is 0. The second-order valence-electron chi connectivity index (χ2n) is 8.71. The van der Waals surface area contributed by atoms with Crippen molar-refractivity contribution in [1.29, 1.82) is 0 Å². The topological polar surface area (TPSA) is 89.6 Å². The minimum Gasteiger partial charge on any atom is -0.337 e. The molecule has 2 aromatic carbocycles. The van der Waals surface area contributed by atoms with Crippen LogP contribution in [0.5, 0.6) is 0 Å². The average Bonchev–Trinajstić information content (AvgIpc) is 3.31. The lowest BCUT2D eigenvalue weighted by atomic mass is 10.1. The van der Waals surface area contributed by atoms with Gasteiger partial charge in [-0.2, -0.15) is 0 Å². The Morgan fingerprint density at radius 1 is 1.09 bits per heavy atom. The van der Waals surface area contributed by atoms with Crippen LogP contribution in [0.25, 0.3) is 10.9 Å². The Bertz CT molecular complexity index is 1140. The number of urea groups is 2. The van der Waals surface area contributed by atoms with Gasteiger partial charge in [-0.25, -0.2) is 9.59 Å². The number of nitrogens with one attached hydrogen (secondary N) is 3. The van der Waals surface area contributed by atoms with Gasteiger partial charge in [-0.1, -0.05) is 48.5 Å². The highest BCUT2D eigenvalue weighted by Crippen LogP contribution is 2.22. The first kappa shape index (κ1) is 23.5. The van der Waals surface area contributed by atoms with E-state index in [0.717, 1.165) is 53.9 Å². The van der Waals surface area contributed by atoms with Crippen LogP contribution in [-0.2, 0) is 6.54 Å². The highest BCUT2D eigenvalue weighted by molar-refractivity contribution is 6.00. The Hall–Kier alpha value is -3.65. The van der Waals surface area contributed by atoms with Crippen LogP contribution < -0.4 is 16.0 Å². The maximum absolute atomic E-state index is 12.5. The first-order chi connectivity index (χ1) is 16.5. The number of fused-ring (bicyclic) bond motifs is 1. The van der Waals surface area contributed by atoms with Crippen molar-refractivity contribution in [3.05, 3.63) is 71.9 Å².